The average molecular weight is 562 g/mol. The molecule has 19 heteroatoms. The number of rotatable bonds is 7. The minimum atomic E-state index is -5.25. The summed E-state index contributed by atoms with van der Waals surface area (Å²) in [5.41, 5.74) is 9.77. The highest BCUT2D eigenvalue weighted by Crippen LogP contribution is 2.49. The number of aromatic hydroxyl groups is 1. The number of hydrazone groups is 1. The van der Waals surface area contributed by atoms with Gasteiger partial charge in [-0.05, 0) is 6.07 Å². The van der Waals surface area contributed by atoms with Crippen LogP contribution in [0.4, 0.5) is 9.18 Å². The van der Waals surface area contributed by atoms with E-state index < -0.39 is 85.1 Å². The molecule has 1 unspecified atom stereocenters. The Morgan fingerprint density at radius 3 is 2.51 bits per heavy atom. The van der Waals surface area contributed by atoms with Crippen molar-refractivity contribution in [1.82, 2.24) is 20.1 Å². The lowest BCUT2D eigenvalue weighted by Gasteiger charge is -2.41. The van der Waals surface area contributed by atoms with Gasteiger partial charge in [-0.15, -0.1) is 5.10 Å². The van der Waals surface area contributed by atoms with Crippen LogP contribution in [-0.4, -0.2) is 104 Å². The zero-order chi connectivity index (χ0) is 27.4. The van der Waals surface area contributed by atoms with E-state index in [1.165, 1.54) is 0 Å². The molecule has 200 valence electrons. The average Bonchev–Trinajstić information content (AvgIpc) is 3.32. The number of hydrogen-bond donors (Lipinski definition) is 6. The first-order chi connectivity index (χ1) is 17.2. The van der Waals surface area contributed by atoms with Gasteiger partial charge in [-0.1, -0.05) is 17.8 Å². The molecule has 4 rings (SSSR count). The Morgan fingerprint density at radius 2 is 1.95 bits per heavy atom. The summed E-state index contributed by atoms with van der Waals surface area (Å²) >= 11 is 0.651. The standard InChI is InChI=1S/C18H20FN7O9S2/c19-9-5-7(27)1-2-8(9)11(37(33,34)35)12(28)22-10-13(29)24-6-18(15(30)31,36-14(10)24)25-3-4-26(17(25)32)23-16(20)21/h1-2,5,10-11,14,27H,3-4,6H2,(H,22,28)(H,30,31)(H4,20,21,23)(H,33,34,35)/t10-,11?,14-,18-/m1/s1. The Bertz CT molecular complexity index is 1340. The van der Waals surface area contributed by atoms with E-state index in [0.717, 1.165) is 26.9 Å². The lowest BCUT2D eigenvalue weighted by atomic mass is 10.0. The van der Waals surface area contributed by atoms with Crippen LogP contribution in [0.5, 0.6) is 5.75 Å². The predicted molar refractivity (Wildman–Crippen MR) is 122 cm³/mol. The monoisotopic (exact) mass is 561 g/mol. The molecule has 16 nitrogen and oxygen atoms in total. The van der Waals surface area contributed by atoms with Crippen molar-refractivity contribution >= 4 is 51.7 Å². The number of thioether (sulfide) groups is 1. The minimum absolute atomic E-state index is 0.0423. The van der Waals surface area contributed by atoms with E-state index in [0.29, 0.717) is 17.8 Å². The molecule has 0 bridgehead atoms. The molecule has 0 radical (unpaired) electrons. The number of hydrogen-bond acceptors (Lipinski definition) is 9. The maximum absolute atomic E-state index is 14.3. The highest BCUT2D eigenvalue weighted by molar-refractivity contribution is 8.02. The van der Waals surface area contributed by atoms with E-state index in [1.54, 1.807) is 0 Å². The van der Waals surface area contributed by atoms with Crippen molar-refractivity contribution in [2.75, 3.05) is 19.6 Å². The first kappa shape index (κ1) is 26.2. The molecule has 1 aromatic carbocycles. The normalized spacial score (nSPS) is 25.9. The maximum Gasteiger partial charge on any atom is 0.342 e. The van der Waals surface area contributed by atoms with E-state index in [4.69, 9.17) is 11.5 Å². The molecule has 0 aromatic heterocycles. The zero-order valence-electron chi connectivity index (χ0n) is 18.5. The number of amides is 4. The number of fused-ring (bicyclic) bond motifs is 1. The summed E-state index contributed by atoms with van der Waals surface area (Å²) < 4.78 is 47.7. The number of halogens is 1. The van der Waals surface area contributed by atoms with Crippen LogP contribution in [0.2, 0.25) is 0 Å². The molecule has 3 saturated heterocycles. The van der Waals surface area contributed by atoms with Crippen LogP contribution in [-0.2, 0) is 24.5 Å². The van der Waals surface area contributed by atoms with Crippen molar-refractivity contribution in [2.45, 2.75) is 21.5 Å². The molecular formula is C18H20FN7O9S2. The van der Waals surface area contributed by atoms with E-state index in [9.17, 15) is 46.8 Å². The first-order valence-corrected chi connectivity index (χ1v) is 12.7. The van der Waals surface area contributed by atoms with Gasteiger partial charge in [0.05, 0.1) is 13.1 Å². The summed E-state index contributed by atoms with van der Waals surface area (Å²) in [7, 11) is -5.25. The fourth-order valence-electron chi connectivity index (χ4n) is 4.29. The van der Waals surface area contributed by atoms with Crippen LogP contribution < -0.4 is 16.8 Å². The van der Waals surface area contributed by atoms with Crippen LogP contribution in [0, 0.1) is 5.82 Å². The molecule has 3 aliphatic heterocycles. The van der Waals surface area contributed by atoms with Crippen molar-refractivity contribution in [1.29, 1.82) is 0 Å². The van der Waals surface area contributed by atoms with Gasteiger partial charge < -0.3 is 31.9 Å². The second kappa shape index (κ2) is 8.92. The lowest BCUT2D eigenvalue weighted by Crippen LogP contribution is -2.68. The number of nitrogens with zero attached hydrogens (tertiary/aromatic N) is 4. The molecule has 1 aromatic rings. The van der Waals surface area contributed by atoms with Gasteiger partial charge >= 0.3 is 12.0 Å². The molecule has 3 aliphatic rings. The third kappa shape index (κ3) is 4.33. The molecular weight excluding hydrogens is 541 g/mol. The largest absolute Gasteiger partial charge is 0.508 e. The molecule has 4 amide bonds. The third-order valence-corrected chi connectivity index (χ3v) is 8.68. The summed E-state index contributed by atoms with van der Waals surface area (Å²) in [5, 5.41) is 22.4. The van der Waals surface area contributed by atoms with Crippen molar-refractivity contribution in [2.24, 2.45) is 16.6 Å². The number of carboxylic acid groups (broad SMARTS) is 1. The van der Waals surface area contributed by atoms with Crippen LogP contribution in [0.25, 0.3) is 0 Å². The number of β-lactam (4-membered cyclic amide) rings is 1. The minimum Gasteiger partial charge on any atom is -0.508 e. The van der Waals surface area contributed by atoms with E-state index >= 15 is 0 Å². The van der Waals surface area contributed by atoms with E-state index in [2.05, 4.69) is 10.4 Å². The van der Waals surface area contributed by atoms with Crippen LogP contribution in [0.1, 0.15) is 10.8 Å². The number of phenolic OH excluding ortho intramolecular Hbond substituents is 1. The van der Waals surface area contributed by atoms with Gasteiger partial charge in [0, 0.05) is 18.2 Å². The number of aliphatic carboxylic acids is 1. The molecule has 3 fully saturated rings. The predicted octanol–water partition coefficient (Wildman–Crippen LogP) is -2.43. The summed E-state index contributed by atoms with van der Waals surface area (Å²) in [6.07, 6.45) is 0. The molecule has 4 atom stereocenters. The van der Waals surface area contributed by atoms with Crippen LogP contribution in [0.3, 0.4) is 0 Å². The topological polar surface area (TPSA) is 249 Å². The van der Waals surface area contributed by atoms with Gasteiger partial charge in [-0.3, -0.25) is 19.0 Å². The molecule has 0 saturated carbocycles. The van der Waals surface area contributed by atoms with Crippen molar-refractivity contribution in [3.63, 3.8) is 0 Å². The number of benzene rings is 1. The number of nitrogens with one attached hydrogen (secondary N) is 1. The third-order valence-electron chi connectivity index (χ3n) is 5.94. The zero-order valence-corrected chi connectivity index (χ0v) is 20.1. The molecule has 0 spiro atoms. The van der Waals surface area contributed by atoms with E-state index in [1.807, 2.05) is 0 Å². The van der Waals surface area contributed by atoms with Crippen LogP contribution >= 0.6 is 11.8 Å². The fraction of sp³-hybridized carbons (Fsp3) is 0.389. The van der Waals surface area contributed by atoms with Gasteiger partial charge in [0.2, 0.25) is 22.6 Å². The number of carboxylic acids is 1. The molecule has 37 heavy (non-hydrogen) atoms. The second-order valence-electron chi connectivity index (χ2n) is 8.23. The van der Waals surface area contributed by atoms with Gasteiger partial charge in [0.1, 0.15) is 23.0 Å². The smallest absolute Gasteiger partial charge is 0.342 e. The number of phenols is 1. The highest BCUT2D eigenvalue weighted by Gasteiger charge is 2.66. The summed E-state index contributed by atoms with van der Waals surface area (Å²) in [6, 6.07) is -0.0855. The number of urea groups is 1. The number of carbonyl (C=O) groups is 4. The Hall–Kier alpha value is -3.84. The second-order valence-corrected chi connectivity index (χ2v) is 11.1. The van der Waals surface area contributed by atoms with Crippen molar-refractivity contribution in [3.8, 4) is 5.75 Å². The van der Waals surface area contributed by atoms with Gasteiger partial charge in [0.25, 0.3) is 10.1 Å². The highest BCUT2D eigenvalue weighted by atomic mass is 32.2. The number of carbonyl (C=O) groups excluding carboxylic acids is 3. The number of guanidine groups is 1. The Kier molecular flexibility index (Phi) is 6.32. The quantitative estimate of drug-likeness (QED) is 0.0880. The van der Waals surface area contributed by atoms with Crippen molar-refractivity contribution < 1.29 is 46.8 Å². The lowest BCUT2D eigenvalue weighted by molar-refractivity contribution is -0.151. The fourth-order valence-corrected chi connectivity index (χ4v) is 6.78. The van der Waals surface area contributed by atoms with Crippen molar-refractivity contribution in [3.05, 3.63) is 29.6 Å². The summed E-state index contributed by atoms with van der Waals surface area (Å²) in [5.74, 6) is -6.03. The van der Waals surface area contributed by atoms with E-state index in [-0.39, 0.29) is 13.1 Å². The maximum atomic E-state index is 14.3. The Balaban J connectivity index is 1.57. The number of nitrogens with two attached hydrogens (primary N) is 2. The Labute approximate surface area is 211 Å². The molecule has 3 heterocycles. The van der Waals surface area contributed by atoms with Gasteiger partial charge in [-0.25, -0.2) is 19.0 Å². The Morgan fingerprint density at radius 1 is 1.27 bits per heavy atom. The first-order valence-electron chi connectivity index (χ1n) is 10.3. The van der Waals surface area contributed by atoms with Crippen LogP contribution in [0.15, 0.2) is 23.3 Å². The molecule has 0 aliphatic carbocycles. The van der Waals surface area contributed by atoms with Gasteiger partial charge in [-0.2, -0.15) is 8.42 Å². The summed E-state index contributed by atoms with van der Waals surface area (Å²) in [6.45, 7) is -0.608. The summed E-state index contributed by atoms with van der Waals surface area (Å²) in [4.78, 5) is 50.7. The molecule has 8 N–H and O–H groups in total. The van der Waals surface area contributed by atoms with Gasteiger partial charge in [0.15, 0.2) is 5.25 Å². The SMILES string of the molecule is NC(N)=NN1CCN([C@]2(C(=O)O)CN3C(=O)[C@@H](NC(=O)C(c4ccc(O)cc4F)S(=O)(=O)O)[C@H]3S2)C1=O.